The zero-order valence-corrected chi connectivity index (χ0v) is 14.6. The lowest BCUT2D eigenvalue weighted by atomic mass is 10.1. The molecule has 0 saturated heterocycles. The maximum Gasteiger partial charge on any atom is 0.363 e. The number of carbonyl (C=O) groups excluding carboxylic acids is 1. The number of aryl methyl sites for hydroxylation is 1. The van der Waals surface area contributed by atoms with E-state index in [4.69, 9.17) is 16.3 Å². The first-order valence-corrected chi connectivity index (χ1v) is 8.04. The molecule has 0 atom stereocenters. The number of ether oxygens (including phenoxy) is 1. The summed E-state index contributed by atoms with van der Waals surface area (Å²) in [6.45, 7) is 2.00. The molecule has 110 valence electrons. The molecule has 0 radical (unpaired) electrons. The lowest BCUT2D eigenvalue weighted by Gasteiger charge is -2.02. The number of esters is 1. The van der Waals surface area contributed by atoms with E-state index in [-0.39, 0.29) is 5.70 Å². The van der Waals surface area contributed by atoms with Crippen LogP contribution in [0.15, 0.2) is 53.2 Å². The summed E-state index contributed by atoms with van der Waals surface area (Å²) in [5.74, 6) is -0.145. The minimum absolute atomic E-state index is 0.249. The second-order valence-corrected chi connectivity index (χ2v) is 6.39. The van der Waals surface area contributed by atoms with Crippen molar-refractivity contribution in [1.82, 2.24) is 0 Å². The molecule has 5 heteroatoms. The van der Waals surface area contributed by atoms with Gasteiger partial charge in [0.05, 0.1) is 0 Å². The summed E-state index contributed by atoms with van der Waals surface area (Å²) >= 11 is 8.35. The van der Waals surface area contributed by atoms with Crippen molar-refractivity contribution in [2.24, 2.45) is 4.99 Å². The number of rotatable bonds is 2. The molecule has 0 saturated carbocycles. The smallest absolute Gasteiger partial charge is 0.363 e. The van der Waals surface area contributed by atoms with Crippen LogP contribution < -0.4 is 0 Å². The third kappa shape index (κ3) is 3.08. The highest BCUT2D eigenvalue weighted by molar-refractivity contribution is 14.1. The van der Waals surface area contributed by atoms with Crippen molar-refractivity contribution >= 4 is 52.1 Å². The Balaban J connectivity index is 1.98. The van der Waals surface area contributed by atoms with Crippen LogP contribution in [0.3, 0.4) is 0 Å². The lowest BCUT2D eigenvalue weighted by molar-refractivity contribution is -0.129. The summed E-state index contributed by atoms with van der Waals surface area (Å²) in [4.78, 5) is 16.3. The molecule has 1 heterocycles. The van der Waals surface area contributed by atoms with Gasteiger partial charge in [-0.15, -0.1) is 0 Å². The summed E-state index contributed by atoms with van der Waals surface area (Å²) in [5.41, 5.74) is 2.88. The van der Waals surface area contributed by atoms with Gasteiger partial charge in [-0.25, -0.2) is 9.79 Å². The Morgan fingerprint density at radius 2 is 2.00 bits per heavy atom. The summed E-state index contributed by atoms with van der Waals surface area (Å²) in [7, 11) is 0. The van der Waals surface area contributed by atoms with Crippen molar-refractivity contribution < 1.29 is 9.53 Å². The van der Waals surface area contributed by atoms with E-state index in [1.807, 2.05) is 43.3 Å². The maximum atomic E-state index is 12.0. The van der Waals surface area contributed by atoms with Crippen molar-refractivity contribution in [2.45, 2.75) is 6.92 Å². The molecule has 3 nitrogen and oxygen atoms in total. The number of nitrogens with zero attached hydrogens (tertiary/aromatic N) is 1. The first-order chi connectivity index (χ1) is 10.5. The number of aliphatic imine (C=N–C) groups is 1. The van der Waals surface area contributed by atoms with Crippen molar-refractivity contribution in [3.8, 4) is 0 Å². The Hall–Kier alpha value is -1.66. The van der Waals surface area contributed by atoms with Gasteiger partial charge in [-0.2, -0.15) is 0 Å². The molecule has 2 aromatic carbocycles. The maximum absolute atomic E-state index is 12.0. The molecule has 0 aliphatic carbocycles. The Kier molecular flexibility index (Phi) is 4.31. The monoisotopic (exact) mass is 423 g/mol. The zero-order valence-electron chi connectivity index (χ0n) is 11.6. The van der Waals surface area contributed by atoms with Gasteiger partial charge >= 0.3 is 5.97 Å². The molecule has 0 unspecified atom stereocenters. The molecule has 0 N–H and O–H groups in total. The van der Waals surface area contributed by atoms with Gasteiger partial charge in [0, 0.05) is 14.2 Å². The number of hydrogen-bond acceptors (Lipinski definition) is 3. The van der Waals surface area contributed by atoms with Crippen LogP contribution in [0.5, 0.6) is 0 Å². The second-order valence-electron chi connectivity index (χ2n) is 4.82. The molecule has 1 aliphatic heterocycles. The molecule has 0 aromatic heterocycles. The molecular weight excluding hydrogens is 413 g/mol. The summed E-state index contributed by atoms with van der Waals surface area (Å²) in [5, 5.41) is 0.566. The third-order valence-electron chi connectivity index (χ3n) is 3.22. The van der Waals surface area contributed by atoms with Gasteiger partial charge in [-0.1, -0.05) is 29.8 Å². The third-order valence-corrected chi connectivity index (χ3v) is 4.78. The van der Waals surface area contributed by atoms with Crippen LogP contribution in [-0.4, -0.2) is 11.9 Å². The van der Waals surface area contributed by atoms with Crippen LogP contribution in [0.1, 0.15) is 16.7 Å². The van der Waals surface area contributed by atoms with Crippen LogP contribution in [-0.2, 0) is 9.53 Å². The van der Waals surface area contributed by atoms with E-state index >= 15 is 0 Å². The Labute approximate surface area is 146 Å². The summed E-state index contributed by atoms with van der Waals surface area (Å²) in [6, 6.07) is 13.1. The van der Waals surface area contributed by atoms with Crippen LogP contribution in [0.4, 0.5) is 0 Å². The zero-order chi connectivity index (χ0) is 15.7. The van der Waals surface area contributed by atoms with Crippen molar-refractivity contribution in [3.05, 3.63) is 73.4 Å². The predicted molar refractivity (Wildman–Crippen MR) is 96.0 cm³/mol. The molecule has 0 spiro atoms. The molecule has 3 rings (SSSR count). The molecular formula is C17H11ClINO2. The first kappa shape index (κ1) is 15.2. The fourth-order valence-electron chi connectivity index (χ4n) is 2.05. The van der Waals surface area contributed by atoms with Gasteiger partial charge in [0.15, 0.2) is 5.70 Å². The fraction of sp³-hybridized carbons (Fsp3) is 0.0588. The van der Waals surface area contributed by atoms with E-state index < -0.39 is 5.97 Å². The number of cyclic esters (lactones) is 1. The van der Waals surface area contributed by atoms with E-state index in [0.29, 0.717) is 10.9 Å². The molecule has 1 aliphatic rings. The largest absolute Gasteiger partial charge is 0.402 e. The van der Waals surface area contributed by atoms with Crippen LogP contribution in [0, 0.1) is 10.5 Å². The molecule has 2 aromatic rings. The molecule has 0 fully saturated rings. The van der Waals surface area contributed by atoms with Crippen LogP contribution in [0.2, 0.25) is 5.02 Å². The minimum Gasteiger partial charge on any atom is -0.402 e. The van der Waals surface area contributed by atoms with E-state index in [9.17, 15) is 4.79 Å². The van der Waals surface area contributed by atoms with Gasteiger partial charge in [-0.05, 0) is 71.0 Å². The fourth-order valence-corrected chi connectivity index (χ4v) is 2.58. The molecule has 22 heavy (non-hydrogen) atoms. The minimum atomic E-state index is -0.467. The van der Waals surface area contributed by atoms with Gasteiger partial charge in [-0.3, -0.25) is 0 Å². The average molecular weight is 424 g/mol. The first-order valence-electron chi connectivity index (χ1n) is 6.58. The number of benzene rings is 2. The van der Waals surface area contributed by atoms with Crippen LogP contribution >= 0.6 is 34.2 Å². The topological polar surface area (TPSA) is 38.7 Å². The predicted octanol–water partition coefficient (Wildman–Crippen LogP) is 4.60. The van der Waals surface area contributed by atoms with E-state index in [2.05, 4.69) is 27.6 Å². The van der Waals surface area contributed by atoms with Crippen molar-refractivity contribution in [3.63, 3.8) is 0 Å². The van der Waals surface area contributed by atoms with Crippen molar-refractivity contribution in [2.75, 3.05) is 0 Å². The number of carbonyl (C=O) groups is 1. The van der Waals surface area contributed by atoms with Gasteiger partial charge in [0.2, 0.25) is 5.90 Å². The number of hydrogen-bond donors (Lipinski definition) is 0. The SMILES string of the molecule is Cc1cc(C2=N/C(=C\c3ccccc3Cl)C(=O)O2)ccc1I. The highest BCUT2D eigenvalue weighted by Crippen LogP contribution is 2.24. The lowest BCUT2D eigenvalue weighted by Crippen LogP contribution is -2.05. The quantitative estimate of drug-likeness (QED) is 0.402. The van der Waals surface area contributed by atoms with Gasteiger partial charge < -0.3 is 4.74 Å². The average Bonchev–Trinajstić information content (AvgIpc) is 2.85. The molecule has 0 amide bonds. The molecule has 0 bridgehead atoms. The summed E-state index contributed by atoms with van der Waals surface area (Å²) in [6.07, 6.45) is 1.64. The normalized spacial score (nSPS) is 15.9. The highest BCUT2D eigenvalue weighted by Gasteiger charge is 2.24. The standard InChI is InChI=1S/C17H11ClINO2/c1-10-8-12(6-7-14(10)19)16-20-15(17(21)22-16)9-11-4-2-3-5-13(11)18/h2-9H,1H3/b15-9-. The number of halogens is 2. The van der Waals surface area contributed by atoms with E-state index in [1.54, 1.807) is 12.1 Å². The van der Waals surface area contributed by atoms with Crippen LogP contribution in [0.25, 0.3) is 6.08 Å². The highest BCUT2D eigenvalue weighted by atomic mass is 127. The Morgan fingerprint density at radius 3 is 2.73 bits per heavy atom. The van der Waals surface area contributed by atoms with Gasteiger partial charge in [0.25, 0.3) is 0 Å². The van der Waals surface area contributed by atoms with E-state index in [0.717, 1.165) is 20.3 Å². The second kappa shape index (κ2) is 6.22. The Bertz CT molecular complexity index is 827. The van der Waals surface area contributed by atoms with Crippen molar-refractivity contribution in [1.29, 1.82) is 0 Å². The Morgan fingerprint density at radius 1 is 1.23 bits per heavy atom. The van der Waals surface area contributed by atoms with E-state index in [1.165, 1.54) is 0 Å². The van der Waals surface area contributed by atoms with Gasteiger partial charge in [0.1, 0.15) is 0 Å². The summed E-state index contributed by atoms with van der Waals surface area (Å²) < 4.78 is 6.42.